The van der Waals surface area contributed by atoms with Crippen LogP contribution in [0.3, 0.4) is 0 Å². The fraction of sp³-hybridized carbons (Fsp3) is 0.923. The molecule has 1 N–H and O–H groups in total. The molecule has 4 nitrogen and oxygen atoms in total. The number of hydrogen-bond donors (Lipinski definition) is 1. The molecule has 0 aromatic rings. The van der Waals surface area contributed by atoms with Gasteiger partial charge in [-0.05, 0) is 45.1 Å². The van der Waals surface area contributed by atoms with Gasteiger partial charge in [0.15, 0.2) is 0 Å². The summed E-state index contributed by atoms with van der Waals surface area (Å²) in [5.74, 6) is -0.694. The highest BCUT2D eigenvalue weighted by atomic mass is 16.5. The number of carbonyl (C=O) groups is 1. The van der Waals surface area contributed by atoms with E-state index in [1.165, 1.54) is 6.42 Å². The molecule has 2 heterocycles. The summed E-state index contributed by atoms with van der Waals surface area (Å²) in [6.07, 6.45) is 6.30. The Labute approximate surface area is 103 Å². The number of likely N-dealkylation sites (tertiary alicyclic amines) is 1. The largest absolute Gasteiger partial charge is 0.480 e. The minimum atomic E-state index is -0.694. The van der Waals surface area contributed by atoms with E-state index in [1.54, 1.807) is 0 Å². The van der Waals surface area contributed by atoms with Crippen LogP contribution in [-0.4, -0.2) is 47.3 Å². The first-order chi connectivity index (χ1) is 8.17. The second kappa shape index (κ2) is 5.36. The molecule has 2 fully saturated rings. The van der Waals surface area contributed by atoms with Crippen molar-refractivity contribution < 1.29 is 14.6 Å². The summed E-state index contributed by atoms with van der Waals surface area (Å²) in [5.41, 5.74) is -0.0423. The molecule has 2 aliphatic heterocycles. The van der Waals surface area contributed by atoms with E-state index in [9.17, 15) is 9.90 Å². The molecule has 0 amide bonds. The Morgan fingerprint density at radius 3 is 2.76 bits per heavy atom. The van der Waals surface area contributed by atoms with Gasteiger partial charge in [-0.15, -0.1) is 0 Å². The maximum absolute atomic E-state index is 11.2. The molecular formula is C13H23NO3. The molecule has 2 atom stereocenters. The third-order valence-corrected chi connectivity index (χ3v) is 4.12. The van der Waals surface area contributed by atoms with E-state index < -0.39 is 5.97 Å². The molecule has 1 spiro atoms. The van der Waals surface area contributed by atoms with Gasteiger partial charge in [-0.1, -0.05) is 6.92 Å². The average molecular weight is 241 g/mol. The number of piperidine rings is 1. The summed E-state index contributed by atoms with van der Waals surface area (Å²) in [5, 5.41) is 9.23. The number of ether oxygens (including phenoxy) is 1. The molecule has 0 aromatic heterocycles. The molecule has 0 bridgehead atoms. The van der Waals surface area contributed by atoms with Gasteiger partial charge < -0.3 is 9.84 Å². The molecular weight excluding hydrogens is 218 g/mol. The lowest BCUT2D eigenvalue weighted by atomic mass is 9.85. The van der Waals surface area contributed by atoms with Gasteiger partial charge >= 0.3 is 5.97 Å². The van der Waals surface area contributed by atoms with Crippen LogP contribution in [0, 0.1) is 0 Å². The van der Waals surface area contributed by atoms with Crippen molar-refractivity contribution in [2.24, 2.45) is 0 Å². The molecule has 98 valence electrons. The highest BCUT2D eigenvalue weighted by molar-refractivity contribution is 5.73. The zero-order valence-corrected chi connectivity index (χ0v) is 10.7. The predicted molar refractivity (Wildman–Crippen MR) is 65.1 cm³/mol. The molecule has 2 rings (SSSR count). The lowest BCUT2D eigenvalue weighted by Gasteiger charge is -2.46. The Bertz CT molecular complexity index is 268. The number of aliphatic carboxylic acids is 1. The highest BCUT2D eigenvalue weighted by Gasteiger charge is 2.40. The van der Waals surface area contributed by atoms with Gasteiger partial charge in [0, 0.05) is 13.2 Å². The topological polar surface area (TPSA) is 49.8 Å². The first-order valence-electron chi connectivity index (χ1n) is 6.78. The molecule has 17 heavy (non-hydrogen) atoms. The van der Waals surface area contributed by atoms with Crippen LogP contribution in [0.4, 0.5) is 0 Å². The van der Waals surface area contributed by atoms with Crippen LogP contribution >= 0.6 is 0 Å². The lowest BCUT2D eigenvalue weighted by Crippen LogP contribution is -2.55. The van der Waals surface area contributed by atoms with E-state index in [1.807, 2.05) is 6.92 Å². The van der Waals surface area contributed by atoms with Crippen molar-refractivity contribution in [3.63, 3.8) is 0 Å². The number of nitrogens with zero attached hydrogens (tertiary/aromatic N) is 1. The predicted octanol–water partition coefficient (Wildman–Crippen LogP) is 1.88. The van der Waals surface area contributed by atoms with Crippen LogP contribution in [0.25, 0.3) is 0 Å². The van der Waals surface area contributed by atoms with E-state index in [0.717, 1.165) is 45.4 Å². The maximum atomic E-state index is 11.2. The number of hydrogen-bond acceptors (Lipinski definition) is 3. The fourth-order valence-corrected chi connectivity index (χ4v) is 3.22. The van der Waals surface area contributed by atoms with Gasteiger partial charge in [-0.2, -0.15) is 0 Å². The molecule has 2 aliphatic rings. The quantitative estimate of drug-likeness (QED) is 0.819. The summed E-state index contributed by atoms with van der Waals surface area (Å²) in [7, 11) is 0. The average Bonchev–Trinajstić information content (AvgIpc) is 2.30. The lowest BCUT2D eigenvalue weighted by molar-refractivity contribution is -0.152. The van der Waals surface area contributed by atoms with E-state index in [4.69, 9.17) is 4.74 Å². The highest BCUT2D eigenvalue weighted by Crippen LogP contribution is 2.34. The summed E-state index contributed by atoms with van der Waals surface area (Å²) in [4.78, 5) is 13.3. The van der Waals surface area contributed by atoms with Gasteiger partial charge in [-0.25, -0.2) is 0 Å². The van der Waals surface area contributed by atoms with Crippen LogP contribution in [0.5, 0.6) is 0 Å². The monoisotopic (exact) mass is 241 g/mol. The van der Waals surface area contributed by atoms with E-state index in [2.05, 4.69) is 4.90 Å². The SMILES string of the molecule is CC[C@@H](C(=O)O)N1CCC[C@@]2(CCCCO2)C1. The Kier molecular flexibility index (Phi) is 4.05. The Morgan fingerprint density at radius 2 is 2.18 bits per heavy atom. The van der Waals surface area contributed by atoms with Crippen LogP contribution in [-0.2, 0) is 9.53 Å². The minimum Gasteiger partial charge on any atom is -0.480 e. The van der Waals surface area contributed by atoms with Crippen molar-refractivity contribution in [2.45, 2.75) is 57.1 Å². The number of rotatable bonds is 3. The molecule has 0 aromatic carbocycles. The standard InChI is InChI=1S/C13H23NO3/c1-2-11(12(15)16)14-8-5-7-13(10-14)6-3-4-9-17-13/h11H,2-10H2,1H3,(H,15,16)/t11-,13-/m0/s1. The van der Waals surface area contributed by atoms with E-state index >= 15 is 0 Å². The Morgan fingerprint density at radius 1 is 1.41 bits per heavy atom. The van der Waals surface area contributed by atoms with Crippen molar-refractivity contribution in [2.75, 3.05) is 19.7 Å². The van der Waals surface area contributed by atoms with Gasteiger partial charge in [0.1, 0.15) is 6.04 Å². The summed E-state index contributed by atoms with van der Waals surface area (Å²) in [6.45, 7) is 4.49. The van der Waals surface area contributed by atoms with Crippen molar-refractivity contribution in [1.82, 2.24) is 4.90 Å². The zero-order valence-electron chi connectivity index (χ0n) is 10.7. The molecule has 0 saturated carbocycles. The van der Waals surface area contributed by atoms with Gasteiger partial charge in [-0.3, -0.25) is 9.69 Å². The van der Waals surface area contributed by atoms with Crippen LogP contribution in [0.2, 0.25) is 0 Å². The van der Waals surface area contributed by atoms with Crippen molar-refractivity contribution in [1.29, 1.82) is 0 Å². The smallest absolute Gasteiger partial charge is 0.320 e. The maximum Gasteiger partial charge on any atom is 0.320 e. The van der Waals surface area contributed by atoms with Crippen molar-refractivity contribution in [3.05, 3.63) is 0 Å². The van der Waals surface area contributed by atoms with Crippen molar-refractivity contribution in [3.8, 4) is 0 Å². The summed E-state index contributed by atoms with van der Waals surface area (Å²) < 4.78 is 5.98. The Balaban J connectivity index is 2.02. The molecule has 0 aliphatic carbocycles. The van der Waals surface area contributed by atoms with Gasteiger partial charge in [0.05, 0.1) is 5.60 Å². The van der Waals surface area contributed by atoms with E-state index in [-0.39, 0.29) is 11.6 Å². The third kappa shape index (κ3) is 2.80. The molecule has 0 radical (unpaired) electrons. The van der Waals surface area contributed by atoms with Gasteiger partial charge in [0.25, 0.3) is 0 Å². The minimum absolute atomic E-state index is 0.0423. The van der Waals surface area contributed by atoms with Crippen LogP contribution in [0.1, 0.15) is 45.4 Å². The fourth-order valence-electron chi connectivity index (χ4n) is 3.22. The van der Waals surface area contributed by atoms with Gasteiger partial charge in [0.2, 0.25) is 0 Å². The van der Waals surface area contributed by atoms with Crippen LogP contribution in [0.15, 0.2) is 0 Å². The summed E-state index contributed by atoms with van der Waals surface area (Å²) in [6, 6.07) is -0.335. The van der Waals surface area contributed by atoms with Crippen LogP contribution < -0.4 is 0 Å². The third-order valence-electron chi connectivity index (χ3n) is 4.12. The second-order valence-corrected chi connectivity index (χ2v) is 5.32. The Hall–Kier alpha value is -0.610. The van der Waals surface area contributed by atoms with Crippen molar-refractivity contribution >= 4 is 5.97 Å². The molecule has 0 unspecified atom stereocenters. The first-order valence-corrected chi connectivity index (χ1v) is 6.78. The zero-order chi connectivity index (χ0) is 12.3. The molecule has 2 saturated heterocycles. The number of carboxylic acids is 1. The normalized spacial score (nSPS) is 32.5. The number of carboxylic acid groups (broad SMARTS) is 1. The summed E-state index contributed by atoms with van der Waals surface area (Å²) >= 11 is 0. The first kappa shape index (κ1) is 12.8. The second-order valence-electron chi connectivity index (χ2n) is 5.32. The molecule has 4 heteroatoms. The van der Waals surface area contributed by atoms with E-state index in [0.29, 0.717) is 6.42 Å².